The number of benzene rings is 1. The van der Waals surface area contributed by atoms with Crippen molar-refractivity contribution in [2.45, 2.75) is 56.6 Å². The molecule has 4 atom stereocenters. The van der Waals surface area contributed by atoms with Gasteiger partial charge in [0, 0.05) is 24.7 Å². The molecule has 1 aromatic carbocycles. The number of likely N-dealkylation sites (N-methyl/N-ethyl adjacent to an activating group) is 1. The van der Waals surface area contributed by atoms with E-state index in [2.05, 4.69) is 6.58 Å². The van der Waals surface area contributed by atoms with Crippen molar-refractivity contribution >= 4 is 17.5 Å². The first-order chi connectivity index (χ1) is 12.1. The van der Waals surface area contributed by atoms with Crippen LogP contribution in [0, 0.1) is 0 Å². The average Bonchev–Trinajstić information content (AvgIpc) is 3.06. The van der Waals surface area contributed by atoms with Gasteiger partial charge in [-0.15, -0.1) is 6.58 Å². The molecule has 1 aromatic rings. The molecule has 26 heavy (non-hydrogen) atoms. The van der Waals surface area contributed by atoms with Gasteiger partial charge in [0.25, 0.3) is 0 Å². The Kier molecular flexibility index (Phi) is 3.35. The van der Waals surface area contributed by atoms with E-state index in [9.17, 15) is 14.7 Å². The molecule has 138 valence electrons. The Morgan fingerprint density at radius 3 is 2.58 bits per heavy atom. The molecule has 4 rings (SSSR count). The minimum atomic E-state index is -1.28. The van der Waals surface area contributed by atoms with Crippen LogP contribution in [-0.2, 0) is 15.2 Å². The molecule has 2 fully saturated rings. The largest absolute Gasteiger partial charge is 0.381 e. The molecule has 1 N–H and O–H groups in total. The number of fused-ring (bicyclic) bond motifs is 5. The Morgan fingerprint density at radius 2 is 1.92 bits per heavy atom. The number of para-hydroxylation sites is 1. The van der Waals surface area contributed by atoms with E-state index in [1.54, 1.807) is 18.9 Å². The Labute approximate surface area is 153 Å². The summed E-state index contributed by atoms with van der Waals surface area (Å²) in [5.74, 6) is -0.246. The lowest BCUT2D eigenvalue weighted by atomic mass is 9.91. The van der Waals surface area contributed by atoms with E-state index in [1.807, 2.05) is 49.1 Å². The minimum Gasteiger partial charge on any atom is -0.381 e. The molecule has 0 saturated carbocycles. The van der Waals surface area contributed by atoms with Crippen LogP contribution in [0.3, 0.4) is 0 Å². The number of piperazine rings is 1. The van der Waals surface area contributed by atoms with Crippen LogP contribution in [0.1, 0.15) is 32.8 Å². The molecule has 3 heterocycles. The van der Waals surface area contributed by atoms with Crippen molar-refractivity contribution in [1.29, 1.82) is 0 Å². The maximum Gasteiger partial charge on any atom is 0.247 e. The van der Waals surface area contributed by atoms with Gasteiger partial charge < -0.3 is 19.8 Å². The van der Waals surface area contributed by atoms with E-state index in [0.717, 1.165) is 11.3 Å². The van der Waals surface area contributed by atoms with Crippen LogP contribution < -0.4 is 4.90 Å². The maximum atomic E-state index is 13.1. The van der Waals surface area contributed by atoms with Crippen molar-refractivity contribution < 1.29 is 14.7 Å². The molecule has 2 saturated heterocycles. The lowest BCUT2D eigenvalue weighted by Gasteiger charge is -2.48. The van der Waals surface area contributed by atoms with Crippen LogP contribution in [0.15, 0.2) is 36.9 Å². The number of hydrogen-bond donors (Lipinski definition) is 1. The monoisotopic (exact) mass is 355 g/mol. The summed E-state index contributed by atoms with van der Waals surface area (Å²) >= 11 is 0. The summed E-state index contributed by atoms with van der Waals surface area (Å²) in [6.45, 7) is 9.69. The highest BCUT2D eigenvalue weighted by atomic mass is 16.3. The van der Waals surface area contributed by atoms with Crippen molar-refractivity contribution in [3.8, 4) is 0 Å². The standard InChI is InChI=1S/C20H25N3O3/c1-6-19(3,4)23-14-10-8-7-9-13(14)20(26)11-15-17(25)21(5)12(2)16(24)22(15)18(20)23/h6-10,12,15,18,26H,1,11H2,2-5H3/t12-,15-,18-,20-/m0/s1. The third-order valence-corrected chi connectivity index (χ3v) is 6.35. The van der Waals surface area contributed by atoms with Gasteiger partial charge in [0.05, 0.1) is 5.54 Å². The molecule has 0 bridgehead atoms. The van der Waals surface area contributed by atoms with Gasteiger partial charge in [0.2, 0.25) is 11.8 Å². The fourth-order valence-corrected chi connectivity index (χ4v) is 4.68. The Hall–Kier alpha value is -2.34. The van der Waals surface area contributed by atoms with Gasteiger partial charge >= 0.3 is 0 Å². The Bertz CT molecular complexity index is 820. The number of carbonyl (C=O) groups is 2. The van der Waals surface area contributed by atoms with E-state index in [4.69, 9.17) is 0 Å². The van der Waals surface area contributed by atoms with Gasteiger partial charge in [-0.1, -0.05) is 24.3 Å². The lowest BCUT2D eigenvalue weighted by molar-refractivity contribution is -0.159. The highest BCUT2D eigenvalue weighted by Crippen LogP contribution is 2.55. The maximum absolute atomic E-state index is 13.1. The smallest absolute Gasteiger partial charge is 0.247 e. The molecule has 0 unspecified atom stereocenters. The normalized spacial score (nSPS) is 33.3. The topological polar surface area (TPSA) is 64.1 Å². The van der Waals surface area contributed by atoms with E-state index < -0.39 is 29.4 Å². The second-order valence-corrected chi connectivity index (χ2v) is 8.13. The summed E-state index contributed by atoms with van der Waals surface area (Å²) in [6, 6.07) is 6.47. The third kappa shape index (κ3) is 1.85. The van der Waals surface area contributed by atoms with Crippen LogP contribution in [-0.4, -0.2) is 57.6 Å². The van der Waals surface area contributed by atoms with E-state index in [0.29, 0.717) is 0 Å². The third-order valence-electron chi connectivity index (χ3n) is 6.35. The zero-order valence-electron chi connectivity index (χ0n) is 15.6. The second kappa shape index (κ2) is 5.10. The molecule has 0 aromatic heterocycles. The van der Waals surface area contributed by atoms with Crippen LogP contribution >= 0.6 is 0 Å². The Balaban J connectivity index is 1.93. The minimum absolute atomic E-state index is 0.117. The van der Waals surface area contributed by atoms with Crippen molar-refractivity contribution in [2.75, 3.05) is 11.9 Å². The average molecular weight is 355 g/mol. The quantitative estimate of drug-likeness (QED) is 0.816. The highest BCUT2D eigenvalue weighted by Gasteiger charge is 2.66. The van der Waals surface area contributed by atoms with Crippen molar-refractivity contribution in [3.05, 3.63) is 42.5 Å². The number of rotatable bonds is 2. The molecule has 6 nitrogen and oxygen atoms in total. The van der Waals surface area contributed by atoms with Crippen LogP contribution in [0.25, 0.3) is 0 Å². The molecular weight excluding hydrogens is 330 g/mol. The zero-order valence-corrected chi connectivity index (χ0v) is 15.6. The summed E-state index contributed by atoms with van der Waals surface area (Å²) in [6.07, 6.45) is 1.40. The van der Waals surface area contributed by atoms with Gasteiger partial charge in [-0.25, -0.2) is 0 Å². The van der Waals surface area contributed by atoms with E-state index >= 15 is 0 Å². The lowest BCUT2D eigenvalue weighted by Crippen LogP contribution is -2.66. The summed E-state index contributed by atoms with van der Waals surface area (Å²) in [5.41, 5.74) is -0.131. The van der Waals surface area contributed by atoms with E-state index in [1.165, 1.54) is 4.90 Å². The second-order valence-electron chi connectivity index (χ2n) is 8.13. The molecule has 2 amide bonds. The fraction of sp³-hybridized carbons (Fsp3) is 0.500. The summed E-state index contributed by atoms with van der Waals surface area (Å²) in [7, 11) is 1.65. The van der Waals surface area contributed by atoms with Gasteiger partial charge in [-0.2, -0.15) is 0 Å². The SMILES string of the molecule is C=CC(C)(C)N1c2ccccc2[C@@]2(O)C[C@H]3C(=O)N(C)[C@@H](C)C(=O)N3[C@@H]12. The number of nitrogens with zero attached hydrogens (tertiary/aromatic N) is 3. The van der Waals surface area contributed by atoms with Gasteiger partial charge in [0.15, 0.2) is 0 Å². The van der Waals surface area contributed by atoms with Gasteiger partial charge in [-0.3, -0.25) is 9.59 Å². The number of anilines is 1. The summed E-state index contributed by atoms with van der Waals surface area (Å²) in [5, 5.41) is 11.7. The first-order valence-electron chi connectivity index (χ1n) is 8.99. The van der Waals surface area contributed by atoms with Crippen molar-refractivity contribution in [3.63, 3.8) is 0 Å². The van der Waals surface area contributed by atoms with Gasteiger partial charge in [-0.05, 0) is 26.8 Å². The fourth-order valence-electron chi connectivity index (χ4n) is 4.68. The summed E-state index contributed by atoms with van der Waals surface area (Å²) < 4.78 is 0. The molecule has 0 spiro atoms. The molecule has 0 aliphatic carbocycles. The first kappa shape index (κ1) is 17.1. The highest BCUT2D eigenvalue weighted by molar-refractivity contribution is 5.98. The first-order valence-corrected chi connectivity index (χ1v) is 8.99. The Morgan fingerprint density at radius 1 is 1.27 bits per heavy atom. The van der Waals surface area contributed by atoms with Crippen molar-refractivity contribution in [1.82, 2.24) is 9.80 Å². The number of aliphatic hydroxyl groups is 1. The number of hydrogen-bond acceptors (Lipinski definition) is 4. The predicted molar refractivity (Wildman–Crippen MR) is 98.4 cm³/mol. The van der Waals surface area contributed by atoms with Crippen LogP contribution in [0.2, 0.25) is 0 Å². The van der Waals surface area contributed by atoms with Gasteiger partial charge in [0.1, 0.15) is 23.9 Å². The van der Waals surface area contributed by atoms with Crippen molar-refractivity contribution in [2.24, 2.45) is 0 Å². The summed E-state index contributed by atoms with van der Waals surface area (Å²) in [4.78, 5) is 31.1. The zero-order chi connectivity index (χ0) is 19.0. The molecule has 3 aliphatic heterocycles. The molecular formula is C20H25N3O3. The number of amides is 2. The van der Waals surface area contributed by atoms with Crippen LogP contribution in [0.5, 0.6) is 0 Å². The van der Waals surface area contributed by atoms with E-state index in [-0.39, 0.29) is 18.2 Å². The molecule has 0 radical (unpaired) electrons. The number of carbonyl (C=O) groups excluding carboxylic acids is 2. The molecule has 6 heteroatoms. The predicted octanol–water partition coefficient (Wildman–Crippen LogP) is 1.45. The molecule has 3 aliphatic rings. The van der Waals surface area contributed by atoms with Crippen LogP contribution in [0.4, 0.5) is 5.69 Å².